The Hall–Kier alpha value is -2.66. The average molecular weight is 408 g/mol. The van der Waals surface area contributed by atoms with Crippen molar-refractivity contribution in [3.63, 3.8) is 0 Å². The highest BCUT2D eigenvalue weighted by Gasteiger charge is 2.21. The van der Waals surface area contributed by atoms with Crippen LogP contribution in [-0.2, 0) is 12.8 Å². The Balaban J connectivity index is 1.49. The summed E-state index contributed by atoms with van der Waals surface area (Å²) in [6.07, 6.45) is 8.12. The van der Waals surface area contributed by atoms with Gasteiger partial charge in [-0.25, -0.2) is 9.18 Å². The summed E-state index contributed by atoms with van der Waals surface area (Å²) in [7, 11) is 0. The first-order chi connectivity index (χ1) is 14.1. The Morgan fingerprint density at radius 2 is 2.03 bits per heavy atom. The van der Waals surface area contributed by atoms with E-state index in [1.54, 1.807) is 36.2 Å². The number of fused-ring (bicyclic) bond motifs is 1. The van der Waals surface area contributed by atoms with E-state index in [2.05, 4.69) is 23.2 Å². The van der Waals surface area contributed by atoms with Crippen LogP contribution in [0.1, 0.15) is 52.2 Å². The molecular formula is C24H22FNO2S. The van der Waals surface area contributed by atoms with Gasteiger partial charge in [-0.15, -0.1) is 0 Å². The van der Waals surface area contributed by atoms with Crippen LogP contribution in [-0.4, -0.2) is 16.1 Å². The minimum atomic E-state index is -0.898. The number of carbonyl (C=O) groups is 1. The van der Waals surface area contributed by atoms with E-state index < -0.39 is 5.97 Å². The van der Waals surface area contributed by atoms with Crippen LogP contribution in [0.5, 0.6) is 0 Å². The lowest BCUT2D eigenvalue weighted by atomic mass is 9.80. The summed E-state index contributed by atoms with van der Waals surface area (Å²) in [5.74, 6) is -0.691. The molecule has 0 fully saturated rings. The molecule has 0 spiro atoms. The van der Waals surface area contributed by atoms with Crippen LogP contribution >= 0.6 is 11.8 Å². The molecule has 1 heterocycles. The standard InChI is InChI=1S/C24H22FNO2S/c25-19-5-2-6-20(14-19)29-21-9-10-22-16(3-1-4-17(22)13-21)7-8-18-15-26-12-11-23(18)24(27)28/h2,5-6,9-16H,1,3-4,7-8H2,(H,27,28)/t16-/m1/s1. The number of benzene rings is 2. The number of aromatic nitrogens is 1. The lowest BCUT2D eigenvalue weighted by molar-refractivity contribution is 0.0695. The largest absolute Gasteiger partial charge is 0.478 e. The topological polar surface area (TPSA) is 50.2 Å². The molecule has 1 aromatic heterocycles. The van der Waals surface area contributed by atoms with Crippen LogP contribution in [0.3, 0.4) is 0 Å². The van der Waals surface area contributed by atoms with Gasteiger partial charge in [-0.1, -0.05) is 23.9 Å². The molecule has 1 aliphatic rings. The van der Waals surface area contributed by atoms with Gasteiger partial charge in [0.25, 0.3) is 0 Å². The molecule has 0 saturated carbocycles. The van der Waals surface area contributed by atoms with Crippen molar-refractivity contribution in [2.24, 2.45) is 0 Å². The Labute approximate surface area is 174 Å². The lowest BCUT2D eigenvalue weighted by Crippen LogP contribution is -2.12. The first-order valence-electron chi connectivity index (χ1n) is 9.82. The minimum Gasteiger partial charge on any atom is -0.478 e. The number of aromatic carboxylic acids is 1. The lowest BCUT2D eigenvalue weighted by Gasteiger charge is -2.26. The predicted octanol–water partition coefficient (Wildman–Crippen LogP) is 6.12. The summed E-state index contributed by atoms with van der Waals surface area (Å²) < 4.78 is 13.4. The minimum absolute atomic E-state index is 0.218. The maximum absolute atomic E-state index is 13.4. The van der Waals surface area contributed by atoms with Gasteiger partial charge in [0, 0.05) is 22.2 Å². The van der Waals surface area contributed by atoms with E-state index in [1.165, 1.54) is 23.4 Å². The number of nitrogens with zero attached hydrogens (tertiary/aromatic N) is 1. The van der Waals surface area contributed by atoms with Gasteiger partial charge in [0.1, 0.15) is 5.82 Å². The summed E-state index contributed by atoms with van der Waals surface area (Å²) in [6.45, 7) is 0. The molecule has 3 nitrogen and oxygen atoms in total. The van der Waals surface area contributed by atoms with E-state index >= 15 is 0 Å². The smallest absolute Gasteiger partial charge is 0.336 e. The summed E-state index contributed by atoms with van der Waals surface area (Å²) in [5.41, 5.74) is 3.86. The van der Waals surface area contributed by atoms with Crippen LogP contribution < -0.4 is 0 Å². The van der Waals surface area contributed by atoms with E-state index in [4.69, 9.17) is 0 Å². The normalized spacial score (nSPS) is 15.7. The number of pyridine rings is 1. The number of hydrogen-bond donors (Lipinski definition) is 1. The third-order valence-corrected chi connectivity index (χ3v) is 6.46. The van der Waals surface area contributed by atoms with Crippen molar-refractivity contribution in [3.05, 3.63) is 89.0 Å². The predicted molar refractivity (Wildman–Crippen MR) is 112 cm³/mol. The van der Waals surface area contributed by atoms with Crippen LogP contribution in [0.15, 0.2) is 70.7 Å². The summed E-state index contributed by atoms with van der Waals surface area (Å²) in [5, 5.41) is 9.38. The van der Waals surface area contributed by atoms with Crippen molar-refractivity contribution in [2.75, 3.05) is 0 Å². The quantitative estimate of drug-likeness (QED) is 0.535. The van der Waals surface area contributed by atoms with E-state index in [9.17, 15) is 14.3 Å². The number of aryl methyl sites for hydroxylation is 2. The zero-order valence-corrected chi connectivity index (χ0v) is 16.8. The Bertz CT molecular complexity index is 1040. The molecule has 5 heteroatoms. The van der Waals surface area contributed by atoms with Crippen molar-refractivity contribution in [3.8, 4) is 0 Å². The number of carboxylic acid groups (broad SMARTS) is 1. The van der Waals surface area contributed by atoms with Gasteiger partial charge in [-0.3, -0.25) is 4.98 Å². The van der Waals surface area contributed by atoms with E-state index in [0.29, 0.717) is 17.9 Å². The first kappa shape index (κ1) is 19.6. The molecule has 0 bridgehead atoms. The maximum Gasteiger partial charge on any atom is 0.336 e. The van der Waals surface area contributed by atoms with Gasteiger partial charge in [-0.05, 0) is 91.1 Å². The molecule has 29 heavy (non-hydrogen) atoms. The molecule has 0 saturated heterocycles. The zero-order valence-electron chi connectivity index (χ0n) is 16.0. The molecular weight excluding hydrogens is 385 g/mol. The number of carboxylic acids is 1. The van der Waals surface area contributed by atoms with Gasteiger partial charge in [0.15, 0.2) is 0 Å². The fourth-order valence-electron chi connectivity index (χ4n) is 4.09. The second kappa shape index (κ2) is 8.78. The van der Waals surface area contributed by atoms with Gasteiger partial charge in [0.2, 0.25) is 0 Å². The number of halogens is 1. The van der Waals surface area contributed by atoms with E-state index in [1.807, 2.05) is 6.07 Å². The third-order valence-electron chi connectivity index (χ3n) is 5.48. The fourth-order valence-corrected chi connectivity index (χ4v) is 5.01. The summed E-state index contributed by atoms with van der Waals surface area (Å²) in [4.78, 5) is 17.5. The molecule has 0 radical (unpaired) electrons. The van der Waals surface area contributed by atoms with Gasteiger partial charge >= 0.3 is 5.97 Å². The maximum atomic E-state index is 13.4. The van der Waals surface area contributed by atoms with Crippen molar-refractivity contribution in [2.45, 2.75) is 47.8 Å². The monoisotopic (exact) mass is 407 g/mol. The van der Waals surface area contributed by atoms with Crippen LogP contribution in [0, 0.1) is 5.82 Å². The third kappa shape index (κ3) is 4.67. The van der Waals surface area contributed by atoms with Crippen LogP contribution in [0.25, 0.3) is 0 Å². The van der Waals surface area contributed by atoms with Crippen molar-refractivity contribution < 1.29 is 14.3 Å². The molecule has 148 valence electrons. The molecule has 1 atom stereocenters. The second-order valence-electron chi connectivity index (χ2n) is 7.39. The highest BCUT2D eigenvalue weighted by Crippen LogP contribution is 2.38. The molecule has 2 aromatic carbocycles. The van der Waals surface area contributed by atoms with Gasteiger partial charge < -0.3 is 5.11 Å². The van der Waals surface area contributed by atoms with Crippen LogP contribution in [0.2, 0.25) is 0 Å². The Morgan fingerprint density at radius 1 is 1.17 bits per heavy atom. The average Bonchev–Trinajstić information content (AvgIpc) is 2.72. The van der Waals surface area contributed by atoms with Crippen molar-refractivity contribution in [1.82, 2.24) is 4.98 Å². The van der Waals surface area contributed by atoms with Gasteiger partial charge in [0.05, 0.1) is 5.56 Å². The second-order valence-corrected chi connectivity index (χ2v) is 8.53. The molecule has 0 amide bonds. The van der Waals surface area contributed by atoms with E-state index in [0.717, 1.165) is 41.0 Å². The zero-order chi connectivity index (χ0) is 20.2. The molecule has 1 N–H and O–H groups in total. The van der Waals surface area contributed by atoms with Crippen LogP contribution in [0.4, 0.5) is 4.39 Å². The fraction of sp³-hybridized carbons (Fsp3) is 0.250. The number of rotatable bonds is 6. The molecule has 0 aliphatic heterocycles. The van der Waals surface area contributed by atoms with Gasteiger partial charge in [-0.2, -0.15) is 0 Å². The molecule has 3 aromatic rings. The Morgan fingerprint density at radius 3 is 2.86 bits per heavy atom. The SMILES string of the molecule is O=C(O)c1ccncc1CC[C@H]1CCCc2cc(Sc3cccc(F)c3)ccc21. The highest BCUT2D eigenvalue weighted by molar-refractivity contribution is 7.99. The molecule has 1 aliphatic carbocycles. The molecule has 4 rings (SSSR count). The highest BCUT2D eigenvalue weighted by atomic mass is 32.2. The summed E-state index contributed by atoms with van der Waals surface area (Å²) in [6, 6.07) is 14.8. The Kier molecular flexibility index (Phi) is 5.95. The molecule has 0 unspecified atom stereocenters. The van der Waals surface area contributed by atoms with E-state index in [-0.39, 0.29) is 5.82 Å². The van der Waals surface area contributed by atoms with Crippen molar-refractivity contribution >= 4 is 17.7 Å². The van der Waals surface area contributed by atoms with Crippen molar-refractivity contribution in [1.29, 1.82) is 0 Å². The number of hydrogen-bond acceptors (Lipinski definition) is 3. The first-order valence-corrected chi connectivity index (χ1v) is 10.6. The summed E-state index contributed by atoms with van der Waals surface area (Å²) >= 11 is 1.58.